The number of hydrogen-bond acceptors (Lipinski definition) is 4. The monoisotopic (exact) mass is 240 g/mol. The Morgan fingerprint density at radius 3 is 2.82 bits per heavy atom. The van der Waals surface area contributed by atoms with Crippen molar-refractivity contribution >= 4 is 12.6 Å². The highest BCUT2D eigenvalue weighted by Gasteiger charge is 2.28. The van der Waals surface area contributed by atoms with Gasteiger partial charge in [-0.05, 0) is 23.2 Å². The molecule has 1 aliphatic rings. The number of ether oxygens (including phenoxy) is 2. The highest BCUT2D eigenvalue weighted by atomic mass is 19.1. The molecule has 0 radical (unpaired) electrons. The molecule has 0 unspecified atom stereocenters. The molecule has 1 heterocycles. The third kappa shape index (κ3) is 3.26. The Balaban J connectivity index is 2.12. The largest absolute Gasteiger partial charge is 0.494 e. The molecule has 0 N–H and O–H groups in total. The van der Waals surface area contributed by atoms with Gasteiger partial charge in [0.1, 0.15) is 12.6 Å². The zero-order valence-electron chi connectivity index (χ0n) is 9.65. The number of methoxy groups -OCH3 is 1. The topological polar surface area (TPSA) is 36.9 Å². The molecule has 0 saturated carbocycles. The van der Waals surface area contributed by atoms with Crippen molar-refractivity contribution in [3.8, 4) is 0 Å². The van der Waals surface area contributed by atoms with E-state index in [1.165, 1.54) is 19.2 Å². The first-order valence-electron chi connectivity index (χ1n) is 5.39. The number of benzene rings is 1. The third-order valence-corrected chi connectivity index (χ3v) is 2.44. The third-order valence-electron chi connectivity index (χ3n) is 2.44. The summed E-state index contributed by atoms with van der Waals surface area (Å²) in [5.41, 5.74) is 1.52. The van der Waals surface area contributed by atoms with E-state index in [-0.39, 0.29) is 19.2 Å². The minimum Gasteiger partial charge on any atom is -0.405 e. The van der Waals surface area contributed by atoms with Gasteiger partial charge in [-0.1, -0.05) is 6.07 Å². The lowest BCUT2D eigenvalue weighted by atomic mass is 9.76. The van der Waals surface area contributed by atoms with Crippen molar-refractivity contribution < 1.29 is 23.2 Å². The standard InChI is InChI=1S/C11H14BFO4/c1-14-8-15-7-9-6-10(13)2-3-11(9)12-16-4-5-17-12/h2-3,6H,4-5,7-8H2,1H3. The zero-order chi connectivity index (χ0) is 12.1. The van der Waals surface area contributed by atoms with Gasteiger partial charge < -0.3 is 18.8 Å². The van der Waals surface area contributed by atoms with Gasteiger partial charge in [0.25, 0.3) is 0 Å². The Morgan fingerprint density at radius 2 is 2.12 bits per heavy atom. The summed E-state index contributed by atoms with van der Waals surface area (Å²) in [6.07, 6.45) is 0. The highest BCUT2D eigenvalue weighted by molar-refractivity contribution is 6.62. The van der Waals surface area contributed by atoms with Crippen molar-refractivity contribution in [2.24, 2.45) is 0 Å². The van der Waals surface area contributed by atoms with E-state index in [4.69, 9.17) is 18.8 Å². The van der Waals surface area contributed by atoms with Gasteiger partial charge in [-0.15, -0.1) is 0 Å². The second-order valence-electron chi connectivity index (χ2n) is 3.67. The molecule has 0 atom stereocenters. The molecule has 6 heteroatoms. The van der Waals surface area contributed by atoms with Crippen LogP contribution < -0.4 is 5.46 Å². The van der Waals surface area contributed by atoms with Crippen LogP contribution in [-0.2, 0) is 25.4 Å². The Morgan fingerprint density at radius 1 is 1.35 bits per heavy atom. The van der Waals surface area contributed by atoms with Gasteiger partial charge in [-0.2, -0.15) is 0 Å². The molecule has 0 spiro atoms. The smallest absolute Gasteiger partial charge is 0.405 e. The summed E-state index contributed by atoms with van der Waals surface area (Å²) in [5, 5.41) is 0. The number of rotatable bonds is 5. The van der Waals surface area contributed by atoms with E-state index in [1.54, 1.807) is 6.07 Å². The molecule has 2 rings (SSSR count). The van der Waals surface area contributed by atoms with E-state index in [0.717, 1.165) is 5.46 Å². The van der Waals surface area contributed by atoms with Crippen molar-refractivity contribution in [1.29, 1.82) is 0 Å². The van der Waals surface area contributed by atoms with Crippen molar-refractivity contribution in [2.45, 2.75) is 6.61 Å². The van der Waals surface area contributed by atoms with Crippen LogP contribution in [0.1, 0.15) is 5.56 Å². The van der Waals surface area contributed by atoms with Crippen molar-refractivity contribution in [3.63, 3.8) is 0 Å². The first-order chi connectivity index (χ1) is 8.31. The van der Waals surface area contributed by atoms with Gasteiger partial charge in [0.15, 0.2) is 0 Å². The second-order valence-corrected chi connectivity index (χ2v) is 3.67. The Bertz CT molecular complexity index is 368. The molecular formula is C11H14BFO4. The summed E-state index contributed by atoms with van der Waals surface area (Å²) < 4.78 is 34.0. The minimum atomic E-state index is -0.420. The maximum Gasteiger partial charge on any atom is 0.494 e. The van der Waals surface area contributed by atoms with E-state index in [0.29, 0.717) is 18.8 Å². The Labute approximate surface area is 99.8 Å². The molecule has 92 valence electrons. The van der Waals surface area contributed by atoms with Gasteiger partial charge in [-0.3, -0.25) is 0 Å². The van der Waals surface area contributed by atoms with Crippen LogP contribution in [0.5, 0.6) is 0 Å². The van der Waals surface area contributed by atoms with Crippen LogP contribution in [0.2, 0.25) is 0 Å². The summed E-state index contributed by atoms with van der Waals surface area (Å²) in [4.78, 5) is 0. The molecule has 1 fully saturated rings. The van der Waals surface area contributed by atoms with Gasteiger partial charge in [0.05, 0.1) is 19.8 Å². The number of hydrogen-bond donors (Lipinski definition) is 0. The van der Waals surface area contributed by atoms with Gasteiger partial charge in [-0.25, -0.2) is 4.39 Å². The first-order valence-corrected chi connectivity index (χ1v) is 5.39. The quantitative estimate of drug-likeness (QED) is 0.431. The molecule has 4 nitrogen and oxygen atoms in total. The van der Waals surface area contributed by atoms with Crippen molar-refractivity contribution in [3.05, 3.63) is 29.6 Å². The van der Waals surface area contributed by atoms with E-state index < -0.39 is 7.12 Å². The first kappa shape index (κ1) is 12.5. The lowest BCUT2D eigenvalue weighted by Crippen LogP contribution is -2.35. The highest BCUT2D eigenvalue weighted by Crippen LogP contribution is 2.08. The summed E-state index contributed by atoms with van der Waals surface area (Å²) in [6, 6.07) is 4.48. The van der Waals surface area contributed by atoms with Gasteiger partial charge in [0.2, 0.25) is 0 Å². The fraction of sp³-hybridized carbons (Fsp3) is 0.455. The van der Waals surface area contributed by atoms with Crippen LogP contribution in [0, 0.1) is 5.82 Å². The van der Waals surface area contributed by atoms with Crippen molar-refractivity contribution in [2.75, 3.05) is 27.1 Å². The fourth-order valence-electron chi connectivity index (χ4n) is 1.70. The van der Waals surface area contributed by atoms with Crippen molar-refractivity contribution in [1.82, 2.24) is 0 Å². The molecule has 1 aliphatic heterocycles. The molecular weight excluding hydrogens is 226 g/mol. The van der Waals surface area contributed by atoms with Gasteiger partial charge >= 0.3 is 7.12 Å². The van der Waals surface area contributed by atoms with Crippen LogP contribution in [0.15, 0.2) is 18.2 Å². The second kappa shape index (κ2) is 6.11. The van der Waals surface area contributed by atoms with E-state index >= 15 is 0 Å². The SMILES string of the molecule is COCOCc1cc(F)ccc1B1OCCO1. The maximum atomic E-state index is 13.2. The number of halogens is 1. The van der Waals surface area contributed by atoms with Crippen LogP contribution in [-0.4, -0.2) is 34.2 Å². The van der Waals surface area contributed by atoms with Crippen LogP contribution in [0.25, 0.3) is 0 Å². The van der Waals surface area contributed by atoms with Crippen LogP contribution >= 0.6 is 0 Å². The lowest BCUT2D eigenvalue weighted by Gasteiger charge is -2.11. The lowest BCUT2D eigenvalue weighted by molar-refractivity contribution is -0.0389. The minimum absolute atomic E-state index is 0.169. The molecule has 0 amide bonds. The Hall–Kier alpha value is -0.945. The average molecular weight is 240 g/mol. The summed E-state index contributed by atoms with van der Waals surface area (Å²) in [7, 11) is 1.12. The average Bonchev–Trinajstić information content (AvgIpc) is 2.83. The molecule has 1 aromatic rings. The predicted octanol–water partition coefficient (Wildman–Crippen LogP) is 0.688. The molecule has 0 bridgehead atoms. The van der Waals surface area contributed by atoms with Crippen LogP contribution in [0.3, 0.4) is 0 Å². The normalized spacial score (nSPS) is 15.5. The molecule has 1 aromatic carbocycles. The Kier molecular flexibility index (Phi) is 4.50. The maximum absolute atomic E-state index is 13.2. The summed E-state index contributed by atoms with van der Waals surface area (Å²) >= 11 is 0. The molecule has 1 saturated heterocycles. The summed E-state index contributed by atoms with van der Waals surface area (Å²) in [5.74, 6) is -0.303. The predicted molar refractivity (Wildman–Crippen MR) is 60.4 cm³/mol. The fourth-order valence-corrected chi connectivity index (χ4v) is 1.70. The zero-order valence-corrected chi connectivity index (χ0v) is 9.65. The molecule has 0 aromatic heterocycles. The van der Waals surface area contributed by atoms with E-state index in [1.807, 2.05) is 0 Å². The summed E-state index contributed by atoms with van der Waals surface area (Å²) in [6.45, 7) is 1.55. The van der Waals surface area contributed by atoms with E-state index in [9.17, 15) is 4.39 Å². The van der Waals surface area contributed by atoms with Gasteiger partial charge in [0, 0.05) is 7.11 Å². The van der Waals surface area contributed by atoms with E-state index in [2.05, 4.69) is 0 Å². The molecule has 17 heavy (non-hydrogen) atoms. The molecule has 0 aliphatic carbocycles. The van der Waals surface area contributed by atoms with Crippen LogP contribution in [0.4, 0.5) is 4.39 Å².